The predicted molar refractivity (Wildman–Crippen MR) is 66.4 cm³/mol. The van der Waals surface area contributed by atoms with Gasteiger partial charge in [0, 0.05) is 21.5 Å². The van der Waals surface area contributed by atoms with Crippen LogP contribution in [0.5, 0.6) is 0 Å². The molecule has 1 amide bonds. The Morgan fingerprint density at radius 3 is 2.40 bits per heavy atom. The van der Waals surface area contributed by atoms with E-state index >= 15 is 0 Å². The van der Waals surface area contributed by atoms with E-state index in [2.05, 4.69) is 21.2 Å². The molecule has 1 N–H and O–H groups in total. The minimum absolute atomic E-state index is 0.104. The summed E-state index contributed by atoms with van der Waals surface area (Å²) in [7, 11) is 0. The van der Waals surface area contributed by atoms with Crippen molar-refractivity contribution >= 4 is 33.4 Å². The van der Waals surface area contributed by atoms with Gasteiger partial charge in [-0.05, 0) is 38.1 Å². The van der Waals surface area contributed by atoms with Crippen LogP contribution in [0.2, 0.25) is 0 Å². The van der Waals surface area contributed by atoms with Gasteiger partial charge in [-0.15, -0.1) is 11.6 Å². The molecule has 0 aliphatic heterocycles. The van der Waals surface area contributed by atoms with Crippen molar-refractivity contribution in [1.29, 1.82) is 0 Å². The first kappa shape index (κ1) is 12.5. The first-order valence-electron chi connectivity index (χ1n) is 4.59. The minimum Gasteiger partial charge on any atom is -0.346 e. The fourth-order valence-corrected chi connectivity index (χ4v) is 1.35. The number of benzene rings is 1. The molecule has 0 aliphatic rings. The molecule has 1 rings (SSSR count). The van der Waals surface area contributed by atoms with Crippen LogP contribution in [0.25, 0.3) is 0 Å². The van der Waals surface area contributed by atoms with Gasteiger partial charge in [-0.1, -0.05) is 15.9 Å². The molecule has 2 nitrogen and oxygen atoms in total. The topological polar surface area (TPSA) is 29.1 Å². The summed E-state index contributed by atoms with van der Waals surface area (Å²) in [4.78, 5) is 11.7. The number of hydrogen-bond acceptors (Lipinski definition) is 1. The minimum atomic E-state index is -0.383. The third-order valence-electron chi connectivity index (χ3n) is 1.89. The van der Waals surface area contributed by atoms with E-state index in [1.165, 1.54) is 0 Å². The summed E-state index contributed by atoms with van der Waals surface area (Å²) in [6.45, 7) is 3.77. The summed E-state index contributed by atoms with van der Waals surface area (Å²) in [5.41, 5.74) is 0.252. The molecule has 0 aromatic heterocycles. The molecule has 0 bridgehead atoms. The third kappa shape index (κ3) is 3.84. The molecule has 0 spiro atoms. The van der Waals surface area contributed by atoms with Gasteiger partial charge in [0.25, 0.3) is 5.91 Å². The van der Waals surface area contributed by atoms with Crippen molar-refractivity contribution in [1.82, 2.24) is 5.32 Å². The van der Waals surface area contributed by atoms with Crippen LogP contribution in [0.15, 0.2) is 28.7 Å². The zero-order chi connectivity index (χ0) is 11.5. The number of carbonyl (C=O) groups is 1. The highest BCUT2D eigenvalue weighted by Crippen LogP contribution is 2.12. The lowest BCUT2D eigenvalue weighted by molar-refractivity contribution is 0.0920. The molecular formula is C11H13BrClNO. The summed E-state index contributed by atoms with van der Waals surface area (Å²) in [6.07, 6.45) is 0. The fourth-order valence-electron chi connectivity index (χ4n) is 1.01. The largest absolute Gasteiger partial charge is 0.346 e. The maximum absolute atomic E-state index is 11.7. The number of halogens is 2. The number of rotatable bonds is 3. The standard InChI is InChI=1S/C11H13BrClNO/c1-11(2,7-13)14-10(15)8-3-5-9(12)6-4-8/h3-6H,7H2,1-2H3,(H,14,15). The van der Waals surface area contributed by atoms with Crippen molar-refractivity contribution in [2.24, 2.45) is 0 Å². The Morgan fingerprint density at radius 1 is 1.40 bits per heavy atom. The molecular weight excluding hydrogens is 277 g/mol. The van der Waals surface area contributed by atoms with Crippen LogP contribution in [0.1, 0.15) is 24.2 Å². The molecule has 4 heteroatoms. The van der Waals surface area contributed by atoms with Crippen LogP contribution < -0.4 is 5.32 Å². The Labute approximate surface area is 103 Å². The van der Waals surface area contributed by atoms with E-state index in [1.807, 2.05) is 26.0 Å². The summed E-state index contributed by atoms with van der Waals surface area (Å²) in [5, 5.41) is 2.86. The van der Waals surface area contributed by atoms with Gasteiger partial charge in [0.05, 0.1) is 0 Å². The quantitative estimate of drug-likeness (QED) is 0.851. The maximum atomic E-state index is 11.7. The van der Waals surface area contributed by atoms with Crippen LogP contribution in [0.4, 0.5) is 0 Å². The summed E-state index contributed by atoms with van der Waals surface area (Å²) >= 11 is 9.04. The molecule has 82 valence electrons. The third-order valence-corrected chi connectivity index (χ3v) is 3.09. The van der Waals surface area contributed by atoms with E-state index in [1.54, 1.807) is 12.1 Å². The van der Waals surface area contributed by atoms with Crippen LogP contribution >= 0.6 is 27.5 Å². The Morgan fingerprint density at radius 2 is 1.93 bits per heavy atom. The Hall–Kier alpha value is -0.540. The second-order valence-electron chi connectivity index (χ2n) is 3.98. The van der Waals surface area contributed by atoms with Gasteiger partial charge in [0.1, 0.15) is 0 Å². The van der Waals surface area contributed by atoms with E-state index in [-0.39, 0.29) is 11.4 Å². The van der Waals surface area contributed by atoms with Crippen molar-refractivity contribution in [3.05, 3.63) is 34.3 Å². The number of alkyl halides is 1. The first-order chi connectivity index (χ1) is 6.94. The lowest BCUT2D eigenvalue weighted by Gasteiger charge is -2.23. The molecule has 0 saturated carbocycles. The van der Waals surface area contributed by atoms with E-state index in [9.17, 15) is 4.79 Å². The van der Waals surface area contributed by atoms with Gasteiger partial charge < -0.3 is 5.32 Å². The van der Waals surface area contributed by atoms with Gasteiger partial charge in [0.2, 0.25) is 0 Å². The average Bonchev–Trinajstić information content (AvgIpc) is 2.18. The lowest BCUT2D eigenvalue weighted by Crippen LogP contribution is -2.44. The number of hydrogen-bond donors (Lipinski definition) is 1. The van der Waals surface area contributed by atoms with Gasteiger partial charge in [-0.3, -0.25) is 4.79 Å². The van der Waals surface area contributed by atoms with Gasteiger partial charge in [-0.25, -0.2) is 0 Å². The van der Waals surface area contributed by atoms with Crippen molar-refractivity contribution in [2.75, 3.05) is 5.88 Å². The summed E-state index contributed by atoms with van der Waals surface area (Å²) in [5.74, 6) is 0.281. The van der Waals surface area contributed by atoms with Gasteiger partial charge in [0.15, 0.2) is 0 Å². The molecule has 0 aliphatic carbocycles. The maximum Gasteiger partial charge on any atom is 0.251 e. The second kappa shape index (κ2) is 4.99. The summed E-state index contributed by atoms with van der Waals surface area (Å²) < 4.78 is 0.954. The second-order valence-corrected chi connectivity index (χ2v) is 5.16. The zero-order valence-corrected chi connectivity index (χ0v) is 11.0. The normalized spacial score (nSPS) is 11.2. The Balaban J connectivity index is 2.74. The van der Waals surface area contributed by atoms with Crippen molar-refractivity contribution in [3.8, 4) is 0 Å². The highest BCUT2D eigenvalue weighted by molar-refractivity contribution is 9.10. The monoisotopic (exact) mass is 289 g/mol. The van der Waals surface area contributed by atoms with Crippen LogP contribution in [-0.2, 0) is 0 Å². The number of carbonyl (C=O) groups excluding carboxylic acids is 1. The molecule has 0 atom stereocenters. The van der Waals surface area contributed by atoms with Crippen molar-refractivity contribution in [2.45, 2.75) is 19.4 Å². The molecule has 0 fully saturated rings. The van der Waals surface area contributed by atoms with Crippen molar-refractivity contribution in [3.63, 3.8) is 0 Å². The zero-order valence-electron chi connectivity index (χ0n) is 8.68. The first-order valence-corrected chi connectivity index (χ1v) is 5.91. The Bertz CT molecular complexity index is 348. The molecule has 0 unspecified atom stereocenters. The van der Waals surface area contributed by atoms with E-state index < -0.39 is 0 Å². The molecule has 1 aromatic carbocycles. The highest BCUT2D eigenvalue weighted by atomic mass is 79.9. The Kier molecular flexibility index (Phi) is 4.17. The van der Waals surface area contributed by atoms with E-state index in [0.717, 1.165) is 4.47 Å². The van der Waals surface area contributed by atoms with Crippen LogP contribution in [-0.4, -0.2) is 17.3 Å². The molecule has 0 radical (unpaired) electrons. The van der Waals surface area contributed by atoms with Gasteiger partial charge in [-0.2, -0.15) is 0 Å². The van der Waals surface area contributed by atoms with Crippen LogP contribution in [0.3, 0.4) is 0 Å². The average molecular weight is 291 g/mol. The smallest absolute Gasteiger partial charge is 0.251 e. The SMILES string of the molecule is CC(C)(CCl)NC(=O)c1ccc(Br)cc1. The van der Waals surface area contributed by atoms with E-state index in [0.29, 0.717) is 11.4 Å². The van der Waals surface area contributed by atoms with E-state index in [4.69, 9.17) is 11.6 Å². The molecule has 15 heavy (non-hydrogen) atoms. The predicted octanol–water partition coefficient (Wildman–Crippen LogP) is 3.20. The van der Waals surface area contributed by atoms with Gasteiger partial charge >= 0.3 is 0 Å². The molecule has 0 heterocycles. The lowest BCUT2D eigenvalue weighted by atomic mass is 10.1. The number of nitrogens with one attached hydrogen (secondary N) is 1. The van der Waals surface area contributed by atoms with Crippen LogP contribution in [0, 0.1) is 0 Å². The molecule has 1 aromatic rings. The fraction of sp³-hybridized carbons (Fsp3) is 0.364. The molecule has 0 saturated heterocycles. The number of amides is 1. The highest BCUT2D eigenvalue weighted by Gasteiger charge is 2.19. The summed E-state index contributed by atoms with van der Waals surface area (Å²) in [6, 6.07) is 7.21. The van der Waals surface area contributed by atoms with Crippen molar-refractivity contribution < 1.29 is 4.79 Å².